The van der Waals surface area contributed by atoms with Crippen LogP contribution < -0.4 is 10.1 Å². The summed E-state index contributed by atoms with van der Waals surface area (Å²) in [5.41, 5.74) is 2.46. The zero-order valence-corrected chi connectivity index (χ0v) is 17.2. The Bertz CT molecular complexity index is 1210. The van der Waals surface area contributed by atoms with Gasteiger partial charge in [-0.25, -0.2) is 27.1 Å². The van der Waals surface area contributed by atoms with Crippen LogP contribution in [0.4, 0.5) is 23.4 Å². The summed E-state index contributed by atoms with van der Waals surface area (Å²) in [5.74, 6) is 0.450. The molecule has 0 bridgehead atoms. The Labute approximate surface area is 181 Å². The van der Waals surface area contributed by atoms with Crippen LogP contribution in [0.15, 0.2) is 55.1 Å². The third-order valence-corrected chi connectivity index (χ3v) is 4.92. The van der Waals surface area contributed by atoms with E-state index >= 15 is 0 Å². The van der Waals surface area contributed by atoms with Gasteiger partial charge in [-0.15, -0.1) is 0 Å². The minimum absolute atomic E-state index is 0.125. The first-order valence-electron chi connectivity index (χ1n) is 9.98. The summed E-state index contributed by atoms with van der Waals surface area (Å²) in [7, 11) is 0. The number of anilines is 1. The predicted molar refractivity (Wildman–Crippen MR) is 112 cm³/mol. The predicted octanol–water partition coefficient (Wildman–Crippen LogP) is 5.12. The second-order valence-corrected chi connectivity index (χ2v) is 7.21. The number of alkyl halides is 3. The van der Waals surface area contributed by atoms with Gasteiger partial charge in [0, 0.05) is 35.3 Å². The van der Waals surface area contributed by atoms with Crippen LogP contribution in [0.1, 0.15) is 18.5 Å². The molecule has 4 aromatic rings. The molecule has 0 spiro atoms. The Balaban J connectivity index is 1.60. The molecule has 32 heavy (non-hydrogen) atoms. The molecule has 168 valence electrons. The van der Waals surface area contributed by atoms with E-state index in [0.717, 1.165) is 0 Å². The van der Waals surface area contributed by atoms with Crippen LogP contribution in [0.3, 0.4) is 0 Å². The number of nitrogens with zero attached hydrogens (tertiary/aromatic N) is 4. The van der Waals surface area contributed by atoms with Crippen molar-refractivity contribution in [3.8, 4) is 16.9 Å². The van der Waals surface area contributed by atoms with Crippen molar-refractivity contribution in [3.05, 3.63) is 66.5 Å². The zero-order chi connectivity index (χ0) is 22.7. The van der Waals surface area contributed by atoms with Crippen LogP contribution in [0.5, 0.6) is 5.75 Å². The van der Waals surface area contributed by atoms with Gasteiger partial charge in [0.2, 0.25) is 0 Å². The van der Waals surface area contributed by atoms with Crippen molar-refractivity contribution < 1.29 is 22.3 Å². The quantitative estimate of drug-likeness (QED) is 0.362. The SMILES string of the molecule is CC(Nc1ccn2ncc(-c3ccn(CC(F)F)c3)c2n1)c1cc(F)ccc1OCCF. The maximum Gasteiger partial charge on any atom is 0.256 e. The summed E-state index contributed by atoms with van der Waals surface area (Å²) in [4.78, 5) is 4.60. The Morgan fingerprint density at radius 2 is 2.00 bits per heavy atom. The molecule has 0 fully saturated rings. The van der Waals surface area contributed by atoms with E-state index in [1.807, 2.05) is 6.92 Å². The second-order valence-electron chi connectivity index (χ2n) is 7.21. The second kappa shape index (κ2) is 9.29. The van der Waals surface area contributed by atoms with Gasteiger partial charge in [-0.05, 0) is 37.3 Å². The summed E-state index contributed by atoms with van der Waals surface area (Å²) >= 11 is 0. The lowest BCUT2D eigenvalue weighted by atomic mass is 10.1. The fraction of sp³-hybridized carbons (Fsp3) is 0.273. The van der Waals surface area contributed by atoms with Gasteiger partial charge in [0.1, 0.15) is 30.7 Å². The van der Waals surface area contributed by atoms with Crippen LogP contribution in [-0.2, 0) is 6.54 Å². The average Bonchev–Trinajstić information content (AvgIpc) is 3.38. The van der Waals surface area contributed by atoms with Gasteiger partial charge >= 0.3 is 0 Å². The van der Waals surface area contributed by atoms with Crippen molar-refractivity contribution in [3.63, 3.8) is 0 Å². The maximum atomic E-state index is 13.8. The van der Waals surface area contributed by atoms with Crippen molar-refractivity contribution in [2.75, 3.05) is 18.6 Å². The highest BCUT2D eigenvalue weighted by atomic mass is 19.3. The minimum Gasteiger partial charge on any atom is -0.490 e. The lowest BCUT2D eigenvalue weighted by molar-refractivity contribution is 0.127. The monoisotopic (exact) mass is 447 g/mol. The molecule has 10 heteroatoms. The molecule has 1 N–H and O–H groups in total. The number of nitrogens with one attached hydrogen (secondary N) is 1. The highest BCUT2D eigenvalue weighted by molar-refractivity contribution is 5.77. The molecule has 1 aromatic carbocycles. The number of rotatable bonds is 9. The van der Waals surface area contributed by atoms with E-state index in [-0.39, 0.29) is 6.61 Å². The van der Waals surface area contributed by atoms with Crippen LogP contribution in [0, 0.1) is 5.82 Å². The smallest absolute Gasteiger partial charge is 0.256 e. The van der Waals surface area contributed by atoms with Crippen LogP contribution in [0.2, 0.25) is 0 Å². The molecule has 3 heterocycles. The van der Waals surface area contributed by atoms with E-state index < -0.39 is 31.5 Å². The number of benzene rings is 1. The van der Waals surface area contributed by atoms with E-state index in [0.29, 0.717) is 33.9 Å². The number of fused-ring (bicyclic) bond motifs is 1. The molecule has 1 atom stereocenters. The molecule has 6 nitrogen and oxygen atoms in total. The molecule has 1 unspecified atom stereocenters. The number of hydrogen-bond acceptors (Lipinski definition) is 4. The number of ether oxygens (including phenoxy) is 1. The molecular formula is C22H21F4N5O. The molecule has 0 saturated heterocycles. The molecule has 0 amide bonds. The minimum atomic E-state index is -2.45. The summed E-state index contributed by atoms with van der Waals surface area (Å²) in [6.07, 6.45) is 4.08. The van der Waals surface area contributed by atoms with Crippen molar-refractivity contribution >= 4 is 11.5 Å². The molecule has 0 radical (unpaired) electrons. The molecule has 0 saturated carbocycles. The molecular weight excluding hydrogens is 426 g/mol. The first kappa shape index (κ1) is 21.7. The van der Waals surface area contributed by atoms with Crippen molar-refractivity contribution in [2.24, 2.45) is 0 Å². The van der Waals surface area contributed by atoms with E-state index in [2.05, 4.69) is 15.4 Å². The van der Waals surface area contributed by atoms with Crippen LogP contribution in [-0.4, -0.2) is 38.9 Å². The average molecular weight is 447 g/mol. The van der Waals surface area contributed by atoms with Gasteiger partial charge in [-0.1, -0.05) is 0 Å². The Hall–Kier alpha value is -3.56. The third-order valence-electron chi connectivity index (χ3n) is 4.92. The molecule has 0 aliphatic rings. The largest absolute Gasteiger partial charge is 0.490 e. The summed E-state index contributed by atoms with van der Waals surface area (Å²) in [6, 6.07) is 7.10. The van der Waals surface area contributed by atoms with Gasteiger partial charge in [-0.2, -0.15) is 5.10 Å². The fourth-order valence-corrected chi connectivity index (χ4v) is 3.46. The van der Waals surface area contributed by atoms with E-state index in [1.54, 1.807) is 41.4 Å². The number of halogens is 4. The fourth-order valence-electron chi connectivity index (χ4n) is 3.46. The summed E-state index contributed by atoms with van der Waals surface area (Å²) in [6.45, 7) is 0.641. The van der Waals surface area contributed by atoms with Crippen LogP contribution >= 0.6 is 0 Å². The van der Waals surface area contributed by atoms with Gasteiger partial charge in [0.05, 0.1) is 18.8 Å². The van der Waals surface area contributed by atoms with Gasteiger partial charge in [-0.3, -0.25) is 0 Å². The highest BCUT2D eigenvalue weighted by Crippen LogP contribution is 2.30. The normalized spacial score (nSPS) is 12.4. The van der Waals surface area contributed by atoms with Crippen molar-refractivity contribution in [2.45, 2.75) is 25.9 Å². The van der Waals surface area contributed by atoms with Gasteiger partial charge < -0.3 is 14.6 Å². The first-order chi connectivity index (χ1) is 15.4. The number of aromatic nitrogens is 4. The standard InChI is InChI=1S/C22H21F4N5O/c1-14(17-10-16(24)2-3-19(17)32-9-6-23)28-21-5-8-31-22(29-21)18(11-27-31)15-4-7-30(12-15)13-20(25)26/h2-5,7-8,10-12,14,20H,6,9,13H2,1H3,(H,28,29). The van der Waals surface area contributed by atoms with Crippen molar-refractivity contribution in [1.82, 2.24) is 19.2 Å². The molecule has 4 rings (SSSR count). The number of hydrogen-bond donors (Lipinski definition) is 1. The lowest BCUT2D eigenvalue weighted by Crippen LogP contribution is -2.11. The Morgan fingerprint density at radius 1 is 1.16 bits per heavy atom. The molecule has 0 aliphatic heterocycles. The van der Waals surface area contributed by atoms with E-state index in [1.165, 1.54) is 22.8 Å². The summed E-state index contributed by atoms with van der Waals surface area (Å²) < 4.78 is 60.0. The Morgan fingerprint density at radius 3 is 2.78 bits per heavy atom. The lowest BCUT2D eigenvalue weighted by Gasteiger charge is -2.19. The zero-order valence-electron chi connectivity index (χ0n) is 17.2. The van der Waals surface area contributed by atoms with Gasteiger partial charge in [0.25, 0.3) is 6.43 Å². The molecule has 3 aromatic heterocycles. The van der Waals surface area contributed by atoms with E-state index in [9.17, 15) is 17.6 Å². The van der Waals surface area contributed by atoms with E-state index in [4.69, 9.17) is 4.74 Å². The first-order valence-corrected chi connectivity index (χ1v) is 9.98. The topological polar surface area (TPSA) is 56.4 Å². The Kier molecular flexibility index (Phi) is 6.29. The summed E-state index contributed by atoms with van der Waals surface area (Å²) in [5, 5.41) is 7.46. The highest BCUT2D eigenvalue weighted by Gasteiger charge is 2.16. The van der Waals surface area contributed by atoms with Crippen LogP contribution in [0.25, 0.3) is 16.8 Å². The third kappa shape index (κ3) is 4.68. The van der Waals surface area contributed by atoms with Crippen molar-refractivity contribution in [1.29, 1.82) is 0 Å². The molecule has 0 aliphatic carbocycles. The maximum absolute atomic E-state index is 13.8. The van der Waals surface area contributed by atoms with Gasteiger partial charge in [0.15, 0.2) is 5.65 Å².